The Balaban J connectivity index is 1.67. The largest absolute Gasteiger partial charge is 0.379 e. The Morgan fingerprint density at radius 3 is 2.43 bits per heavy atom. The third-order valence-corrected chi connectivity index (χ3v) is 7.26. The van der Waals surface area contributed by atoms with Gasteiger partial charge < -0.3 is 10.1 Å². The van der Waals surface area contributed by atoms with E-state index in [2.05, 4.69) is 10.2 Å². The molecule has 7 nitrogen and oxygen atoms in total. The minimum atomic E-state index is -3.57. The number of rotatable bonds is 7. The standard InChI is InChI=1S/C22H29N3O4S/c1-17(2)24(3)30(27,28)21-9-7-19(8-10-21)22(26)23-20-6-4-5-18(15-20)16-25-11-13-29-14-12-25/h4-10,15,17H,11-14,16H2,1-3H3,(H,23,26). The number of benzene rings is 2. The first-order chi connectivity index (χ1) is 14.3. The molecule has 0 saturated carbocycles. The first-order valence-corrected chi connectivity index (χ1v) is 11.5. The summed E-state index contributed by atoms with van der Waals surface area (Å²) in [4.78, 5) is 15.1. The lowest BCUT2D eigenvalue weighted by Crippen LogP contribution is -2.35. The van der Waals surface area contributed by atoms with E-state index in [0.717, 1.165) is 38.4 Å². The second kappa shape index (κ2) is 9.70. The van der Waals surface area contributed by atoms with Crippen LogP contribution >= 0.6 is 0 Å². The van der Waals surface area contributed by atoms with Crippen molar-refractivity contribution in [3.63, 3.8) is 0 Å². The number of sulfonamides is 1. The second-order valence-corrected chi connectivity index (χ2v) is 9.68. The van der Waals surface area contributed by atoms with Crippen molar-refractivity contribution in [1.29, 1.82) is 0 Å². The van der Waals surface area contributed by atoms with Crippen LogP contribution in [0.3, 0.4) is 0 Å². The predicted octanol–water partition coefficient (Wildman–Crippen LogP) is 2.80. The minimum Gasteiger partial charge on any atom is -0.379 e. The molecule has 1 N–H and O–H groups in total. The molecule has 0 spiro atoms. The van der Waals surface area contributed by atoms with Gasteiger partial charge in [-0.2, -0.15) is 4.31 Å². The molecule has 1 aliphatic heterocycles. The van der Waals surface area contributed by atoms with E-state index in [-0.39, 0.29) is 16.8 Å². The number of carbonyl (C=O) groups excluding carboxylic acids is 1. The first-order valence-electron chi connectivity index (χ1n) is 10.1. The predicted molar refractivity (Wildman–Crippen MR) is 117 cm³/mol. The van der Waals surface area contributed by atoms with E-state index < -0.39 is 10.0 Å². The van der Waals surface area contributed by atoms with Crippen LogP contribution in [-0.4, -0.2) is 62.9 Å². The fraction of sp³-hybridized carbons (Fsp3) is 0.409. The topological polar surface area (TPSA) is 79.0 Å². The zero-order valence-electron chi connectivity index (χ0n) is 17.7. The van der Waals surface area contributed by atoms with Crippen LogP contribution in [0.5, 0.6) is 0 Å². The molecule has 3 rings (SSSR count). The zero-order chi connectivity index (χ0) is 21.7. The minimum absolute atomic E-state index is 0.150. The molecule has 0 atom stereocenters. The fourth-order valence-electron chi connectivity index (χ4n) is 3.19. The van der Waals surface area contributed by atoms with Crippen molar-refractivity contribution in [1.82, 2.24) is 9.21 Å². The quantitative estimate of drug-likeness (QED) is 0.729. The molecule has 1 amide bonds. The molecule has 0 aliphatic carbocycles. The summed E-state index contributed by atoms with van der Waals surface area (Å²) in [5, 5.41) is 2.89. The fourth-order valence-corrected chi connectivity index (χ4v) is 4.56. The highest BCUT2D eigenvalue weighted by Gasteiger charge is 2.23. The van der Waals surface area contributed by atoms with Gasteiger partial charge in [-0.05, 0) is 55.8 Å². The lowest BCUT2D eigenvalue weighted by molar-refractivity contribution is 0.0342. The van der Waals surface area contributed by atoms with Crippen molar-refractivity contribution >= 4 is 21.6 Å². The van der Waals surface area contributed by atoms with Crippen molar-refractivity contribution < 1.29 is 17.9 Å². The van der Waals surface area contributed by atoms with Crippen molar-refractivity contribution in [3.05, 3.63) is 59.7 Å². The molecule has 30 heavy (non-hydrogen) atoms. The normalized spacial score (nSPS) is 15.5. The van der Waals surface area contributed by atoms with Crippen LogP contribution in [0.25, 0.3) is 0 Å². The highest BCUT2D eigenvalue weighted by Crippen LogP contribution is 2.19. The maximum Gasteiger partial charge on any atom is 0.255 e. The van der Waals surface area contributed by atoms with Crippen LogP contribution in [0.4, 0.5) is 5.69 Å². The van der Waals surface area contributed by atoms with Crippen molar-refractivity contribution in [2.45, 2.75) is 31.3 Å². The third kappa shape index (κ3) is 5.46. The summed E-state index contributed by atoms with van der Waals surface area (Å²) in [6, 6.07) is 13.6. The number of nitrogens with one attached hydrogen (secondary N) is 1. The monoisotopic (exact) mass is 431 g/mol. The molecule has 1 fully saturated rings. The number of ether oxygens (including phenoxy) is 1. The lowest BCUT2D eigenvalue weighted by Gasteiger charge is -2.26. The Morgan fingerprint density at radius 2 is 1.80 bits per heavy atom. The van der Waals surface area contributed by atoms with Crippen molar-refractivity contribution in [2.24, 2.45) is 0 Å². The molecule has 1 heterocycles. The van der Waals surface area contributed by atoms with Crippen LogP contribution in [0.1, 0.15) is 29.8 Å². The summed E-state index contributed by atoms with van der Waals surface area (Å²) >= 11 is 0. The van der Waals surface area contributed by atoms with Crippen LogP contribution in [0, 0.1) is 0 Å². The summed E-state index contributed by atoms with van der Waals surface area (Å²) in [7, 11) is -2.03. The lowest BCUT2D eigenvalue weighted by atomic mass is 10.1. The molecule has 1 saturated heterocycles. The molecule has 8 heteroatoms. The van der Waals surface area contributed by atoms with Crippen LogP contribution in [0.2, 0.25) is 0 Å². The Kier molecular flexibility index (Phi) is 7.25. The highest BCUT2D eigenvalue weighted by atomic mass is 32.2. The van der Waals surface area contributed by atoms with E-state index >= 15 is 0 Å². The van der Waals surface area contributed by atoms with Gasteiger partial charge in [0.25, 0.3) is 5.91 Å². The first kappa shape index (κ1) is 22.4. The number of morpholine rings is 1. The SMILES string of the molecule is CC(C)N(C)S(=O)(=O)c1ccc(C(=O)Nc2cccc(CN3CCOCC3)c2)cc1. The van der Waals surface area contributed by atoms with Gasteiger partial charge in [-0.3, -0.25) is 9.69 Å². The van der Waals surface area contributed by atoms with Gasteiger partial charge in [0, 0.05) is 44.0 Å². The van der Waals surface area contributed by atoms with Crippen molar-refractivity contribution in [2.75, 3.05) is 38.7 Å². The molecule has 0 aromatic heterocycles. The molecule has 0 bridgehead atoms. The van der Waals surface area contributed by atoms with E-state index in [1.165, 1.54) is 28.6 Å². The van der Waals surface area contributed by atoms with Gasteiger partial charge in [-0.25, -0.2) is 8.42 Å². The maximum atomic E-state index is 12.6. The smallest absolute Gasteiger partial charge is 0.255 e. The van der Waals surface area contributed by atoms with E-state index in [1.807, 2.05) is 38.1 Å². The summed E-state index contributed by atoms with van der Waals surface area (Å²) in [6.07, 6.45) is 0. The molecule has 162 valence electrons. The summed E-state index contributed by atoms with van der Waals surface area (Å²) in [5.41, 5.74) is 2.23. The summed E-state index contributed by atoms with van der Waals surface area (Å²) in [5.74, 6) is -0.278. The number of hydrogen-bond donors (Lipinski definition) is 1. The van der Waals surface area contributed by atoms with Gasteiger partial charge in [0.15, 0.2) is 0 Å². The molecule has 0 radical (unpaired) electrons. The summed E-state index contributed by atoms with van der Waals surface area (Å²) < 4.78 is 31.8. The molecule has 2 aromatic rings. The molecule has 1 aliphatic rings. The Hall–Kier alpha value is -2.26. The van der Waals surface area contributed by atoms with Gasteiger partial charge in [0.05, 0.1) is 18.1 Å². The second-order valence-electron chi connectivity index (χ2n) is 7.68. The van der Waals surface area contributed by atoms with E-state index in [9.17, 15) is 13.2 Å². The van der Waals surface area contributed by atoms with Crippen molar-refractivity contribution in [3.8, 4) is 0 Å². The van der Waals surface area contributed by atoms with Gasteiger partial charge in [0.2, 0.25) is 10.0 Å². The van der Waals surface area contributed by atoms with Crippen LogP contribution in [0.15, 0.2) is 53.4 Å². The van der Waals surface area contributed by atoms with E-state index in [4.69, 9.17) is 4.74 Å². The highest BCUT2D eigenvalue weighted by molar-refractivity contribution is 7.89. The van der Waals surface area contributed by atoms with Gasteiger partial charge in [0.1, 0.15) is 0 Å². The Bertz CT molecular complexity index is 968. The van der Waals surface area contributed by atoms with Gasteiger partial charge in [-0.1, -0.05) is 12.1 Å². The maximum absolute atomic E-state index is 12.6. The van der Waals surface area contributed by atoms with Crippen LogP contribution in [-0.2, 0) is 21.3 Å². The third-order valence-electron chi connectivity index (χ3n) is 5.22. The average molecular weight is 432 g/mol. The molecule has 2 aromatic carbocycles. The van der Waals surface area contributed by atoms with Crippen LogP contribution < -0.4 is 5.32 Å². The average Bonchev–Trinajstić information content (AvgIpc) is 2.74. The van der Waals surface area contributed by atoms with Gasteiger partial charge in [-0.15, -0.1) is 0 Å². The zero-order valence-corrected chi connectivity index (χ0v) is 18.5. The Morgan fingerprint density at radius 1 is 1.13 bits per heavy atom. The van der Waals surface area contributed by atoms with E-state index in [1.54, 1.807) is 7.05 Å². The molecular weight excluding hydrogens is 402 g/mol. The molecular formula is C22H29N3O4S. The molecule has 0 unspecified atom stereocenters. The van der Waals surface area contributed by atoms with Gasteiger partial charge >= 0.3 is 0 Å². The number of hydrogen-bond acceptors (Lipinski definition) is 5. The number of amides is 1. The number of nitrogens with zero attached hydrogens (tertiary/aromatic N) is 2. The summed E-state index contributed by atoms with van der Waals surface area (Å²) in [6.45, 7) is 7.72. The van der Waals surface area contributed by atoms with E-state index in [0.29, 0.717) is 11.3 Å². The number of anilines is 1. The Labute approximate surface area is 178 Å². The number of carbonyl (C=O) groups is 1.